The van der Waals surface area contributed by atoms with Gasteiger partial charge in [-0.25, -0.2) is 10.1 Å². The molecule has 1 rings (SSSR count). The molecular formula is C10H13N3O6S. The number of hydrogen-bond donors (Lipinski definition) is 2. The Morgan fingerprint density at radius 3 is 2.45 bits per heavy atom. The van der Waals surface area contributed by atoms with Crippen molar-refractivity contribution in [2.45, 2.75) is 4.90 Å². The molecule has 0 heterocycles. The van der Waals surface area contributed by atoms with Gasteiger partial charge in [0, 0.05) is 6.54 Å². The number of carboxylic acid groups (broad SMARTS) is 1. The van der Waals surface area contributed by atoms with Crippen LogP contribution >= 0.6 is 0 Å². The first-order chi connectivity index (χ1) is 9.35. The molecule has 10 heteroatoms. The SMILES string of the molecule is O=C(O)CNCCN([N+](=O)[O-])S(=O)(=O)c1ccccc1. The lowest BCUT2D eigenvalue weighted by atomic mass is 10.4. The van der Waals surface area contributed by atoms with Crippen molar-refractivity contribution in [2.75, 3.05) is 19.6 Å². The maximum Gasteiger partial charge on any atom is 0.317 e. The lowest BCUT2D eigenvalue weighted by Gasteiger charge is -2.14. The fraction of sp³-hybridized carbons (Fsp3) is 0.300. The number of hydrazine groups is 1. The number of nitrogens with zero attached hydrogens (tertiary/aromatic N) is 2. The molecule has 0 fully saturated rings. The van der Waals surface area contributed by atoms with Gasteiger partial charge in [-0.05, 0) is 16.5 Å². The van der Waals surface area contributed by atoms with Crippen LogP contribution in [0.4, 0.5) is 0 Å². The summed E-state index contributed by atoms with van der Waals surface area (Å²) in [7, 11) is -4.25. The summed E-state index contributed by atoms with van der Waals surface area (Å²) in [6.07, 6.45) is 0. The quantitative estimate of drug-likeness (QED) is 0.377. The largest absolute Gasteiger partial charge is 0.480 e. The molecule has 0 bridgehead atoms. The van der Waals surface area contributed by atoms with Crippen LogP contribution in [0.2, 0.25) is 0 Å². The van der Waals surface area contributed by atoms with Crippen LogP contribution in [0.3, 0.4) is 0 Å². The van der Waals surface area contributed by atoms with E-state index in [4.69, 9.17) is 5.11 Å². The van der Waals surface area contributed by atoms with Gasteiger partial charge in [0.1, 0.15) is 6.54 Å². The van der Waals surface area contributed by atoms with E-state index in [0.29, 0.717) is 0 Å². The molecule has 1 aromatic rings. The molecule has 0 aromatic heterocycles. The van der Waals surface area contributed by atoms with Crippen LogP contribution in [0.1, 0.15) is 0 Å². The third-order valence-corrected chi connectivity index (χ3v) is 4.00. The number of sulfonamides is 1. The summed E-state index contributed by atoms with van der Waals surface area (Å²) in [5.74, 6) is -1.14. The number of nitrogens with one attached hydrogen (secondary N) is 1. The first-order valence-corrected chi connectivity index (χ1v) is 6.94. The van der Waals surface area contributed by atoms with Gasteiger partial charge in [-0.15, -0.1) is 0 Å². The van der Waals surface area contributed by atoms with Crippen molar-refractivity contribution in [3.05, 3.63) is 40.4 Å². The maximum absolute atomic E-state index is 12.0. The van der Waals surface area contributed by atoms with Gasteiger partial charge >= 0.3 is 16.0 Å². The number of carbonyl (C=O) groups is 1. The summed E-state index contributed by atoms with van der Waals surface area (Å²) in [5, 5.41) is 20.6. The molecule has 0 radical (unpaired) electrons. The number of carboxylic acids is 1. The lowest BCUT2D eigenvalue weighted by molar-refractivity contribution is -0.619. The minimum atomic E-state index is -4.25. The van der Waals surface area contributed by atoms with E-state index in [1.54, 1.807) is 6.07 Å². The predicted molar refractivity (Wildman–Crippen MR) is 67.8 cm³/mol. The summed E-state index contributed by atoms with van der Waals surface area (Å²) in [6.45, 7) is -1.03. The molecule has 0 amide bonds. The van der Waals surface area contributed by atoms with E-state index in [1.807, 2.05) is 0 Å². The average Bonchev–Trinajstić information content (AvgIpc) is 2.38. The van der Waals surface area contributed by atoms with Crippen molar-refractivity contribution < 1.29 is 23.4 Å². The maximum atomic E-state index is 12.0. The minimum Gasteiger partial charge on any atom is -0.480 e. The Morgan fingerprint density at radius 1 is 1.35 bits per heavy atom. The second-order valence-electron chi connectivity index (χ2n) is 3.67. The fourth-order valence-electron chi connectivity index (χ4n) is 1.37. The normalized spacial score (nSPS) is 11.0. The monoisotopic (exact) mass is 303 g/mol. The Labute approximate surface area is 115 Å². The standard InChI is InChI=1S/C10H13N3O6S/c14-10(15)8-11-6-7-12(13(16)17)20(18,19)9-4-2-1-3-5-9/h1-5,11H,6-8H2,(H,14,15). The van der Waals surface area contributed by atoms with Gasteiger partial charge in [-0.3, -0.25) is 4.79 Å². The van der Waals surface area contributed by atoms with Crippen LogP contribution in [0.15, 0.2) is 35.2 Å². The van der Waals surface area contributed by atoms with Crippen molar-refractivity contribution in [2.24, 2.45) is 0 Å². The molecule has 0 saturated carbocycles. The van der Waals surface area contributed by atoms with Crippen molar-refractivity contribution >= 4 is 16.0 Å². The van der Waals surface area contributed by atoms with Gasteiger partial charge in [0.05, 0.1) is 11.4 Å². The van der Waals surface area contributed by atoms with Crippen molar-refractivity contribution in [3.8, 4) is 0 Å². The zero-order valence-corrected chi connectivity index (χ0v) is 11.1. The zero-order chi connectivity index (χ0) is 15.2. The van der Waals surface area contributed by atoms with E-state index in [0.717, 1.165) is 0 Å². The van der Waals surface area contributed by atoms with Crippen LogP contribution in [-0.2, 0) is 14.8 Å². The van der Waals surface area contributed by atoms with Crippen molar-refractivity contribution in [1.82, 2.24) is 9.73 Å². The Hall–Kier alpha value is -2.20. The molecule has 9 nitrogen and oxygen atoms in total. The summed E-state index contributed by atoms with van der Waals surface area (Å²) in [6, 6.07) is 6.98. The highest BCUT2D eigenvalue weighted by Crippen LogP contribution is 2.14. The molecule has 0 unspecified atom stereocenters. The third-order valence-electron chi connectivity index (χ3n) is 2.26. The second kappa shape index (κ2) is 6.82. The van der Waals surface area contributed by atoms with Crippen LogP contribution in [0.25, 0.3) is 0 Å². The molecule has 0 spiro atoms. The van der Waals surface area contributed by atoms with Crippen LogP contribution < -0.4 is 5.32 Å². The van der Waals surface area contributed by atoms with E-state index >= 15 is 0 Å². The van der Waals surface area contributed by atoms with E-state index < -0.39 is 34.1 Å². The smallest absolute Gasteiger partial charge is 0.317 e. The number of rotatable bonds is 8. The third kappa shape index (κ3) is 4.17. The van der Waals surface area contributed by atoms with Gasteiger partial charge in [0.15, 0.2) is 5.03 Å². The van der Waals surface area contributed by atoms with Crippen molar-refractivity contribution in [3.63, 3.8) is 0 Å². The number of nitro groups is 1. The summed E-state index contributed by atoms with van der Waals surface area (Å²) in [4.78, 5) is 20.9. The molecule has 110 valence electrons. The van der Waals surface area contributed by atoms with Crippen molar-refractivity contribution in [1.29, 1.82) is 0 Å². The average molecular weight is 303 g/mol. The molecule has 0 aliphatic heterocycles. The van der Waals surface area contributed by atoms with Gasteiger partial charge in [0.2, 0.25) is 0 Å². The second-order valence-corrected chi connectivity index (χ2v) is 5.52. The summed E-state index contributed by atoms with van der Waals surface area (Å²) < 4.78 is 24.2. The van der Waals surface area contributed by atoms with Crippen LogP contribution in [0.5, 0.6) is 0 Å². The van der Waals surface area contributed by atoms with E-state index in [1.165, 1.54) is 24.3 Å². The molecule has 20 heavy (non-hydrogen) atoms. The fourth-order valence-corrected chi connectivity index (χ4v) is 2.63. The van der Waals surface area contributed by atoms with Crippen LogP contribution in [-0.4, -0.2) is 48.6 Å². The zero-order valence-electron chi connectivity index (χ0n) is 10.3. The van der Waals surface area contributed by atoms with E-state index in [2.05, 4.69) is 5.32 Å². The number of aliphatic carboxylic acids is 1. The lowest BCUT2D eigenvalue weighted by Crippen LogP contribution is -2.41. The molecule has 0 aliphatic carbocycles. The summed E-state index contributed by atoms with van der Waals surface area (Å²) in [5.41, 5.74) is 0. The highest BCUT2D eigenvalue weighted by molar-refractivity contribution is 7.89. The summed E-state index contributed by atoms with van der Waals surface area (Å²) >= 11 is 0. The Kier molecular flexibility index (Phi) is 5.41. The molecule has 0 aliphatic rings. The molecule has 1 aromatic carbocycles. The Bertz CT molecular complexity index is 574. The molecule has 2 N–H and O–H groups in total. The highest BCUT2D eigenvalue weighted by atomic mass is 32.2. The van der Waals surface area contributed by atoms with Crippen LogP contribution in [0, 0.1) is 10.1 Å². The Balaban J connectivity index is 2.81. The first kappa shape index (κ1) is 15.9. The molecule has 0 atom stereocenters. The van der Waals surface area contributed by atoms with Gasteiger partial charge in [0.25, 0.3) is 0 Å². The van der Waals surface area contributed by atoms with E-state index in [-0.39, 0.29) is 15.9 Å². The molecular weight excluding hydrogens is 290 g/mol. The first-order valence-electron chi connectivity index (χ1n) is 5.50. The highest BCUT2D eigenvalue weighted by Gasteiger charge is 2.32. The van der Waals surface area contributed by atoms with Gasteiger partial charge < -0.3 is 10.4 Å². The number of hydrogen-bond acceptors (Lipinski definition) is 6. The van der Waals surface area contributed by atoms with Gasteiger partial charge in [-0.2, -0.15) is 8.42 Å². The topological polar surface area (TPSA) is 130 Å². The van der Waals surface area contributed by atoms with E-state index in [9.17, 15) is 23.3 Å². The minimum absolute atomic E-state index is 0.0805. The van der Waals surface area contributed by atoms with Gasteiger partial charge in [-0.1, -0.05) is 18.2 Å². The Morgan fingerprint density at radius 2 is 1.95 bits per heavy atom. The number of benzene rings is 1. The predicted octanol–water partition coefficient (Wildman–Crippen LogP) is -0.457. The molecule has 0 saturated heterocycles.